The van der Waals surface area contributed by atoms with Crippen LogP contribution in [-0.4, -0.2) is 68.2 Å². The molecule has 3 aromatic rings. The highest BCUT2D eigenvalue weighted by molar-refractivity contribution is 7.22. The van der Waals surface area contributed by atoms with Crippen molar-refractivity contribution in [2.24, 2.45) is 0 Å². The molecule has 0 bridgehead atoms. The van der Waals surface area contributed by atoms with E-state index in [-0.39, 0.29) is 18.3 Å². The van der Waals surface area contributed by atoms with Gasteiger partial charge < -0.3 is 14.2 Å². The number of halogens is 3. The maximum absolute atomic E-state index is 13.2. The third-order valence-corrected chi connectivity index (χ3v) is 6.34. The number of thiazole rings is 1. The van der Waals surface area contributed by atoms with Crippen LogP contribution in [0.2, 0.25) is 0 Å². The first-order valence-corrected chi connectivity index (χ1v) is 11.6. The van der Waals surface area contributed by atoms with Gasteiger partial charge >= 0.3 is 6.36 Å². The Balaban J connectivity index is 1.54. The van der Waals surface area contributed by atoms with E-state index in [1.807, 2.05) is 25.1 Å². The normalized spacial score (nSPS) is 14.8. The third-order valence-electron chi connectivity index (χ3n) is 5.30. The lowest BCUT2D eigenvalue weighted by Gasteiger charge is -2.29. The lowest BCUT2D eigenvalue weighted by atomic mass is 10.2. The molecule has 0 atom stereocenters. The van der Waals surface area contributed by atoms with Crippen molar-refractivity contribution in [1.29, 1.82) is 0 Å². The zero-order valence-corrected chi connectivity index (χ0v) is 19.3. The summed E-state index contributed by atoms with van der Waals surface area (Å²) in [5.41, 5.74) is 1.39. The highest BCUT2D eigenvalue weighted by atomic mass is 32.1. The molecule has 0 spiro atoms. The van der Waals surface area contributed by atoms with Crippen molar-refractivity contribution in [3.8, 4) is 11.5 Å². The van der Waals surface area contributed by atoms with Gasteiger partial charge in [0.25, 0.3) is 5.91 Å². The van der Waals surface area contributed by atoms with Crippen LogP contribution in [0.3, 0.4) is 0 Å². The maximum atomic E-state index is 13.2. The maximum Gasteiger partial charge on any atom is 0.573 e. The van der Waals surface area contributed by atoms with Crippen molar-refractivity contribution >= 4 is 32.6 Å². The molecule has 1 aromatic heterocycles. The smallest absolute Gasteiger partial charge is 0.483 e. The number of anilines is 1. The summed E-state index contributed by atoms with van der Waals surface area (Å²) in [6.07, 6.45) is -4.78. The van der Waals surface area contributed by atoms with Gasteiger partial charge in [0.2, 0.25) is 0 Å². The number of benzene rings is 2. The molecular formula is C23H24F3N3O4S. The molecule has 4 rings (SSSR count). The molecule has 0 N–H and O–H groups in total. The van der Waals surface area contributed by atoms with Gasteiger partial charge in [0, 0.05) is 32.2 Å². The Morgan fingerprint density at radius 3 is 2.71 bits per heavy atom. The third kappa shape index (κ3) is 6.37. The number of carbonyl (C=O) groups is 1. The molecule has 0 unspecified atom stereocenters. The SMILES string of the molecule is Cc1ccccc1OCC(=O)N(CCN1CCOCC1)c1nc2ccc(OC(F)(F)F)cc2s1. The molecule has 2 aromatic carbocycles. The summed E-state index contributed by atoms with van der Waals surface area (Å²) < 4.78 is 53.4. The summed E-state index contributed by atoms with van der Waals surface area (Å²) in [7, 11) is 0. The summed E-state index contributed by atoms with van der Waals surface area (Å²) in [4.78, 5) is 21.4. The first kappa shape index (κ1) is 24.2. The van der Waals surface area contributed by atoms with E-state index in [1.165, 1.54) is 23.1 Å². The molecular weight excluding hydrogens is 471 g/mol. The van der Waals surface area contributed by atoms with Gasteiger partial charge in [-0.2, -0.15) is 0 Å². The lowest BCUT2D eigenvalue weighted by molar-refractivity contribution is -0.274. The summed E-state index contributed by atoms with van der Waals surface area (Å²) in [6, 6.07) is 11.3. The van der Waals surface area contributed by atoms with E-state index in [4.69, 9.17) is 9.47 Å². The van der Waals surface area contributed by atoms with Crippen molar-refractivity contribution in [3.63, 3.8) is 0 Å². The first-order chi connectivity index (χ1) is 16.3. The lowest BCUT2D eigenvalue weighted by Crippen LogP contribution is -2.44. The Labute approximate surface area is 198 Å². The molecule has 182 valence electrons. The topological polar surface area (TPSA) is 64.1 Å². The molecule has 1 saturated heterocycles. The number of hydrogen-bond acceptors (Lipinski definition) is 7. The molecule has 0 aliphatic carbocycles. The molecule has 1 aliphatic heterocycles. The largest absolute Gasteiger partial charge is 0.573 e. The average Bonchev–Trinajstić information content (AvgIpc) is 3.21. The first-order valence-electron chi connectivity index (χ1n) is 10.7. The quantitative estimate of drug-likeness (QED) is 0.466. The van der Waals surface area contributed by atoms with Gasteiger partial charge in [-0.15, -0.1) is 13.2 Å². The Bertz CT molecular complexity index is 1130. The van der Waals surface area contributed by atoms with E-state index < -0.39 is 6.36 Å². The van der Waals surface area contributed by atoms with E-state index in [0.717, 1.165) is 30.0 Å². The van der Waals surface area contributed by atoms with Crippen LogP contribution in [0.5, 0.6) is 11.5 Å². The second-order valence-electron chi connectivity index (χ2n) is 7.73. The second-order valence-corrected chi connectivity index (χ2v) is 8.74. The van der Waals surface area contributed by atoms with Crippen LogP contribution in [0.25, 0.3) is 10.2 Å². The van der Waals surface area contributed by atoms with Gasteiger partial charge in [-0.05, 0) is 30.7 Å². The highest BCUT2D eigenvalue weighted by Crippen LogP contribution is 2.33. The number of amides is 1. The number of hydrogen-bond donors (Lipinski definition) is 0. The number of rotatable bonds is 8. The zero-order valence-electron chi connectivity index (χ0n) is 18.5. The van der Waals surface area contributed by atoms with E-state index in [2.05, 4.69) is 14.6 Å². The minimum absolute atomic E-state index is 0.188. The number of alkyl halides is 3. The van der Waals surface area contributed by atoms with Gasteiger partial charge in [-0.1, -0.05) is 29.5 Å². The number of morpholine rings is 1. The van der Waals surface area contributed by atoms with Crippen LogP contribution >= 0.6 is 11.3 Å². The minimum atomic E-state index is -4.78. The highest BCUT2D eigenvalue weighted by Gasteiger charge is 2.31. The van der Waals surface area contributed by atoms with Crippen LogP contribution in [0, 0.1) is 6.92 Å². The van der Waals surface area contributed by atoms with E-state index in [1.54, 1.807) is 6.07 Å². The number of para-hydroxylation sites is 1. The van der Waals surface area contributed by atoms with Crippen molar-refractivity contribution in [2.45, 2.75) is 13.3 Å². The average molecular weight is 496 g/mol. The summed E-state index contributed by atoms with van der Waals surface area (Å²) in [5, 5.41) is 0.394. The van der Waals surface area contributed by atoms with Gasteiger partial charge in [0.15, 0.2) is 11.7 Å². The Morgan fingerprint density at radius 1 is 1.21 bits per heavy atom. The molecule has 7 nitrogen and oxygen atoms in total. The van der Waals surface area contributed by atoms with E-state index >= 15 is 0 Å². The fourth-order valence-electron chi connectivity index (χ4n) is 3.53. The summed E-state index contributed by atoms with van der Waals surface area (Å²) >= 11 is 1.13. The van der Waals surface area contributed by atoms with Crippen LogP contribution in [-0.2, 0) is 9.53 Å². The van der Waals surface area contributed by atoms with Gasteiger partial charge in [-0.3, -0.25) is 14.6 Å². The number of aryl methyl sites for hydroxylation is 1. The molecule has 34 heavy (non-hydrogen) atoms. The van der Waals surface area contributed by atoms with Crippen molar-refractivity contribution in [3.05, 3.63) is 48.0 Å². The van der Waals surface area contributed by atoms with Crippen LogP contribution < -0.4 is 14.4 Å². The molecule has 0 radical (unpaired) electrons. The molecule has 1 aliphatic rings. The van der Waals surface area contributed by atoms with Gasteiger partial charge in [-0.25, -0.2) is 4.98 Å². The summed E-state index contributed by atoms with van der Waals surface area (Å²) in [6.45, 7) is 5.47. The van der Waals surface area contributed by atoms with Crippen molar-refractivity contribution in [1.82, 2.24) is 9.88 Å². The Hall–Kier alpha value is -2.89. The fourth-order valence-corrected chi connectivity index (χ4v) is 4.57. The second kappa shape index (κ2) is 10.6. The Kier molecular flexibility index (Phi) is 7.54. The predicted octanol–water partition coefficient (Wildman–Crippen LogP) is 4.25. The molecule has 1 amide bonds. The van der Waals surface area contributed by atoms with Crippen LogP contribution in [0.1, 0.15) is 5.56 Å². The molecule has 1 fully saturated rings. The Morgan fingerprint density at radius 2 is 1.97 bits per heavy atom. The number of ether oxygens (including phenoxy) is 3. The fraction of sp³-hybridized carbons (Fsp3) is 0.391. The van der Waals surface area contributed by atoms with E-state index in [9.17, 15) is 18.0 Å². The number of aromatic nitrogens is 1. The number of nitrogens with zero attached hydrogens (tertiary/aromatic N) is 3. The van der Waals surface area contributed by atoms with Gasteiger partial charge in [0.05, 0.1) is 23.4 Å². The molecule has 0 saturated carbocycles. The standard InChI is InChI=1S/C23H24F3N3O4S/c1-16-4-2-3-5-19(16)32-15-21(30)29(9-8-28-10-12-31-13-11-28)22-27-18-7-6-17(14-20(18)34-22)33-23(24,25)26/h2-7,14H,8-13,15H2,1H3. The van der Waals surface area contributed by atoms with Crippen molar-refractivity contribution < 1.29 is 32.2 Å². The zero-order chi connectivity index (χ0) is 24.1. The minimum Gasteiger partial charge on any atom is -0.483 e. The molecule has 11 heteroatoms. The number of fused-ring (bicyclic) bond motifs is 1. The monoisotopic (exact) mass is 495 g/mol. The van der Waals surface area contributed by atoms with Crippen LogP contribution in [0.4, 0.5) is 18.3 Å². The summed E-state index contributed by atoms with van der Waals surface area (Å²) in [5.74, 6) is -0.00571. The number of carbonyl (C=O) groups excluding carboxylic acids is 1. The van der Waals surface area contributed by atoms with Crippen LogP contribution in [0.15, 0.2) is 42.5 Å². The predicted molar refractivity (Wildman–Crippen MR) is 123 cm³/mol. The van der Waals surface area contributed by atoms with Crippen molar-refractivity contribution in [2.75, 3.05) is 50.9 Å². The molecule has 2 heterocycles. The van der Waals surface area contributed by atoms with Gasteiger partial charge in [0.1, 0.15) is 11.5 Å². The van der Waals surface area contributed by atoms with E-state index in [0.29, 0.717) is 47.4 Å².